The first-order valence-electron chi connectivity index (χ1n) is 11.0. The van der Waals surface area contributed by atoms with Crippen LogP contribution in [0.5, 0.6) is 5.75 Å². The predicted octanol–water partition coefficient (Wildman–Crippen LogP) is 5.00. The van der Waals surface area contributed by atoms with E-state index >= 15 is 0 Å². The zero-order valence-corrected chi connectivity index (χ0v) is 21.7. The lowest BCUT2D eigenvalue weighted by molar-refractivity contribution is 0.106. The Morgan fingerprint density at radius 1 is 0.972 bits per heavy atom. The first kappa shape index (κ1) is 28.1. The Labute approximate surface area is 219 Å². The van der Waals surface area contributed by atoms with Crippen LogP contribution in [0.4, 0.5) is 14.5 Å². The summed E-state index contributed by atoms with van der Waals surface area (Å²) in [6, 6.07) is 15.0. The molecule has 3 rings (SSSR count). The highest BCUT2D eigenvalue weighted by atomic mass is 35.5. The standard InChI is InChI=1S/C25H26Cl2F2N2O4S/c1-36(33,34)31-18-6-8-20(9-7-18)35-15-19(32)14-30-13-17(16-5-10-22(26)23(27)12-16)11-21-24(28)3-2-4-25(21)29/h2-10,12,17,19,30-32H,11,13-15H2,1H3. The zero-order chi connectivity index (χ0) is 26.3. The monoisotopic (exact) mass is 558 g/mol. The molecule has 6 nitrogen and oxygen atoms in total. The van der Waals surface area contributed by atoms with Gasteiger partial charge < -0.3 is 15.2 Å². The molecule has 194 valence electrons. The number of sulfonamides is 1. The third-order valence-corrected chi connectivity index (χ3v) is 6.64. The largest absolute Gasteiger partial charge is 0.491 e. The summed E-state index contributed by atoms with van der Waals surface area (Å²) in [4.78, 5) is 0. The SMILES string of the molecule is CS(=O)(=O)Nc1ccc(OCC(O)CNCC(Cc2c(F)cccc2F)c2ccc(Cl)c(Cl)c2)cc1. The van der Waals surface area contributed by atoms with Crippen molar-refractivity contribution in [1.82, 2.24) is 5.32 Å². The van der Waals surface area contributed by atoms with Gasteiger partial charge in [-0.05, 0) is 60.5 Å². The highest BCUT2D eigenvalue weighted by molar-refractivity contribution is 7.92. The number of hydrogen-bond donors (Lipinski definition) is 3. The molecule has 0 fully saturated rings. The van der Waals surface area contributed by atoms with Gasteiger partial charge in [0, 0.05) is 30.3 Å². The molecule has 11 heteroatoms. The van der Waals surface area contributed by atoms with E-state index in [1.54, 1.807) is 42.5 Å². The summed E-state index contributed by atoms with van der Waals surface area (Å²) in [5.74, 6) is -1.16. The summed E-state index contributed by atoms with van der Waals surface area (Å²) in [6.45, 7) is 0.436. The molecular formula is C25H26Cl2F2N2O4S. The predicted molar refractivity (Wildman–Crippen MR) is 139 cm³/mol. The molecule has 0 aromatic heterocycles. The molecule has 0 aliphatic rings. The Morgan fingerprint density at radius 3 is 2.25 bits per heavy atom. The van der Waals surface area contributed by atoms with Crippen molar-refractivity contribution in [1.29, 1.82) is 0 Å². The number of aliphatic hydroxyl groups excluding tert-OH is 1. The lowest BCUT2D eigenvalue weighted by Crippen LogP contribution is -2.34. The number of nitrogens with one attached hydrogen (secondary N) is 2. The third kappa shape index (κ3) is 8.60. The Bertz CT molecular complexity index is 1260. The minimum absolute atomic E-state index is 0.0226. The van der Waals surface area contributed by atoms with Crippen molar-refractivity contribution in [2.75, 3.05) is 30.7 Å². The van der Waals surface area contributed by atoms with Gasteiger partial charge in [0.15, 0.2) is 0 Å². The molecule has 0 heterocycles. The van der Waals surface area contributed by atoms with Gasteiger partial charge in [0.25, 0.3) is 0 Å². The van der Waals surface area contributed by atoms with E-state index in [1.165, 1.54) is 18.2 Å². The van der Waals surface area contributed by atoms with E-state index < -0.39 is 27.8 Å². The van der Waals surface area contributed by atoms with Crippen molar-refractivity contribution >= 4 is 38.9 Å². The number of hydrogen-bond acceptors (Lipinski definition) is 5. The van der Waals surface area contributed by atoms with Gasteiger partial charge in [0.1, 0.15) is 30.1 Å². The molecule has 0 radical (unpaired) electrons. The maximum atomic E-state index is 14.3. The average molecular weight is 559 g/mol. The van der Waals surface area contributed by atoms with Gasteiger partial charge >= 0.3 is 0 Å². The van der Waals surface area contributed by atoms with Gasteiger partial charge in [-0.15, -0.1) is 0 Å². The van der Waals surface area contributed by atoms with Crippen LogP contribution in [0.2, 0.25) is 10.0 Å². The Kier molecular flexibility index (Phi) is 9.92. The summed E-state index contributed by atoms with van der Waals surface area (Å²) in [6.07, 6.45) is 0.252. The van der Waals surface area contributed by atoms with Gasteiger partial charge in [-0.1, -0.05) is 35.3 Å². The molecule has 0 saturated carbocycles. The average Bonchev–Trinajstić information content (AvgIpc) is 2.81. The van der Waals surface area contributed by atoms with Crippen LogP contribution in [-0.2, 0) is 16.4 Å². The molecule has 2 atom stereocenters. The molecule has 0 saturated heterocycles. The first-order chi connectivity index (χ1) is 17.0. The lowest BCUT2D eigenvalue weighted by Gasteiger charge is -2.21. The molecule has 3 aromatic rings. The van der Waals surface area contributed by atoms with Crippen LogP contribution in [0.15, 0.2) is 60.7 Å². The molecule has 0 amide bonds. The number of anilines is 1. The van der Waals surface area contributed by atoms with Crippen molar-refractivity contribution in [3.63, 3.8) is 0 Å². The van der Waals surface area contributed by atoms with Crippen molar-refractivity contribution in [2.45, 2.75) is 18.4 Å². The topological polar surface area (TPSA) is 87.7 Å². The first-order valence-corrected chi connectivity index (χ1v) is 13.6. The number of rotatable bonds is 12. The highest BCUT2D eigenvalue weighted by Gasteiger charge is 2.19. The van der Waals surface area contributed by atoms with Crippen molar-refractivity contribution in [3.8, 4) is 5.75 Å². The fourth-order valence-corrected chi connectivity index (χ4v) is 4.43. The summed E-state index contributed by atoms with van der Waals surface area (Å²) >= 11 is 12.2. The van der Waals surface area contributed by atoms with E-state index in [0.717, 1.165) is 11.8 Å². The Morgan fingerprint density at radius 2 is 1.64 bits per heavy atom. The second kappa shape index (κ2) is 12.7. The smallest absolute Gasteiger partial charge is 0.229 e. The number of benzene rings is 3. The summed E-state index contributed by atoms with van der Waals surface area (Å²) in [5.41, 5.74) is 1.10. The molecule has 2 unspecified atom stereocenters. The Balaban J connectivity index is 1.58. The van der Waals surface area contributed by atoms with E-state index in [1.807, 2.05) is 0 Å². The van der Waals surface area contributed by atoms with E-state index in [0.29, 0.717) is 28.0 Å². The van der Waals surface area contributed by atoms with Crippen LogP contribution >= 0.6 is 23.2 Å². The fourth-order valence-electron chi connectivity index (χ4n) is 3.56. The maximum Gasteiger partial charge on any atom is 0.229 e. The molecule has 0 spiro atoms. The van der Waals surface area contributed by atoms with Crippen LogP contribution in [0.3, 0.4) is 0 Å². The number of aliphatic hydroxyl groups is 1. The molecule has 0 aliphatic carbocycles. The third-order valence-electron chi connectivity index (χ3n) is 5.30. The van der Waals surface area contributed by atoms with Crippen LogP contribution in [0.25, 0.3) is 0 Å². The minimum Gasteiger partial charge on any atom is -0.491 e. The lowest BCUT2D eigenvalue weighted by atomic mass is 9.91. The Hall–Kier alpha value is -2.43. The molecule has 3 N–H and O–H groups in total. The van der Waals surface area contributed by atoms with Crippen LogP contribution < -0.4 is 14.8 Å². The molecule has 3 aromatic carbocycles. The molecular weight excluding hydrogens is 533 g/mol. The summed E-state index contributed by atoms with van der Waals surface area (Å²) in [7, 11) is -3.38. The summed E-state index contributed by atoms with van der Waals surface area (Å²) in [5, 5.41) is 14.1. The van der Waals surface area contributed by atoms with Crippen LogP contribution in [-0.4, -0.2) is 45.6 Å². The van der Waals surface area contributed by atoms with E-state index in [2.05, 4.69) is 10.0 Å². The van der Waals surface area contributed by atoms with Crippen molar-refractivity contribution < 1.29 is 27.0 Å². The van der Waals surface area contributed by atoms with Crippen molar-refractivity contribution in [2.24, 2.45) is 0 Å². The van der Waals surface area contributed by atoms with Gasteiger partial charge in [0.2, 0.25) is 10.0 Å². The number of ether oxygens (including phenoxy) is 1. The van der Waals surface area contributed by atoms with Gasteiger partial charge in [-0.2, -0.15) is 0 Å². The van der Waals surface area contributed by atoms with E-state index in [9.17, 15) is 22.3 Å². The fraction of sp³-hybridized carbons (Fsp3) is 0.280. The van der Waals surface area contributed by atoms with E-state index in [4.69, 9.17) is 27.9 Å². The van der Waals surface area contributed by atoms with Crippen LogP contribution in [0, 0.1) is 11.6 Å². The normalized spacial score (nSPS) is 13.3. The van der Waals surface area contributed by atoms with Gasteiger partial charge in [-0.25, -0.2) is 17.2 Å². The zero-order valence-electron chi connectivity index (χ0n) is 19.3. The highest BCUT2D eigenvalue weighted by Crippen LogP contribution is 2.29. The van der Waals surface area contributed by atoms with Gasteiger partial charge in [0.05, 0.1) is 16.3 Å². The van der Waals surface area contributed by atoms with Crippen LogP contribution in [0.1, 0.15) is 17.0 Å². The van der Waals surface area contributed by atoms with E-state index in [-0.39, 0.29) is 31.1 Å². The molecule has 0 bridgehead atoms. The van der Waals surface area contributed by atoms with Crippen molar-refractivity contribution in [3.05, 3.63) is 93.5 Å². The second-order valence-electron chi connectivity index (χ2n) is 8.30. The summed E-state index contributed by atoms with van der Waals surface area (Å²) < 4.78 is 59.0. The molecule has 36 heavy (non-hydrogen) atoms. The quantitative estimate of drug-likeness (QED) is 0.291. The van der Waals surface area contributed by atoms with Gasteiger partial charge in [-0.3, -0.25) is 4.72 Å². The minimum atomic E-state index is -3.38. The maximum absolute atomic E-state index is 14.3. The number of halogens is 4. The molecule has 0 aliphatic heterocycles. The second-order valence-corrected chi connectivity index (χ2v) is 10.9.